The quantitative estimate of drug-likeness (QED) is 0.0379. The standard InChI is InChI=1S/C40H46N12O9S/c41-50-49-28-18-32(52(24-28)37(55)26-5-6-29-30(17-26)47-40(57)61-38(29)56)36(54)42-7-10-58-12-14-60-15-13-59-11-8-43-39-44-20-25(21-45-39)22-51-9-1-3-27(23-51)35-46-31(19-34(53)48-35)33-4-2-16-62-33/h2,4-6,16-17,19-21,27-28,32H,1,3,7-15,18,22-24H2,(H,42,54)(H,47,57)(H,43,44,45)(H,46,48,53)/t27?,28?,32-/m0/s1. The van der Waals surface area contributed by atoms with E-state index in [0.29, 0.717) is 57.8 Å². The molecule has 5 aromatic rings. The van der Waals surface area contributed by atoms with Crippen molar-refractivity contribution in [3.63, 3.8) is 0 Å². The van der Waals surface area contributed by atoms with Gasteiger partial charge in [0.25, 0.3) is 11.5 Å². The second kappa shape index (κ2) is 21.5. The molecule has 3 atom stereocenters. The third-order valence-corrected chi connectivity index (χ3v) is 11.2. The van der Waals surface area contributed by atoms with Crippen molar-refractivity contribution in [2.75, 3.05) is 77.7 Å². The number of aromatic nitrogens is 5. The Morgan fingerprint density at radius 3 is 2.52 bits per heavy atom. The van der Waals surface area contributed by atoms with E-state index in [4.69, 9.17) is 24.7 Å². The number of aromatic amines is 2. The van der Waals surface area contributed by atoms with Gasteiger partial charge in [0.1, 0.15) is 11.9 Å². The van der Waals surface area contributed by atoms with Crippen LogP contribution in [0.2, 0.25) is 0 Å². The van der Waals surface area contributed by atoms with Crippen molar-refractivity contribution in [1.29, 1.82) is 0 Å². The lowest BCUT2D eigenvalue weighted by Gasteiger charge is -2.32. The number of ether oxygens (including phenoxy) is 3. The van der Waals surface area contributed by atoms with Gasteiger partial charge in [-0.15, -0.1) is 11.3 Å². The van der Waals surface area contributed by atoms with E-state index >= 15 is 0 Å². The number of hydrogen-bond acceptors (Lipinski definition) is 16. The predicted octanol–water partition coefficient (Wildman–Crippen LogP) is 2.63. The van der Waals surface area contributed by atoms with Gasteiger partial charge in [-0.3, -0.25) is 24.3 Å². The van der Waals surface area contributed by atoms with E-state index in [9.17, 15) is 24.0 Å². The van der Waals surface area contributed by atoms with Crippen LogP contribution in [-0.4, -0.2) is 131 Å². The first-order chi connectivity index (χ1) is 30.2. The summed E-state index contributed by atoms with van der Waals surface area (Å²) in [5.41, 5.74) is 9.95. The molecular formula is C40H46N12O9S. The molecule has 4 aromatic heterocycles. The second-order valence-corrected chi connectivity index (χ2v) is 15.6. The lowest BCUT2D eigenvalue weighted by atomic mass is 9.96. The van der Waals surface area contributed by atoms with Crippen molar-refractivity contribution in [2.24, 2.45) is 5.11 Å². The van der Waals surface area contributed by atoms with Gasteiger partial charge in [0, 0.05) is 73.1 Å². The molecule has 1 aromatic carbocycles. The van der Waals surface area contributed by atoms with Crippen LogP contribution in [0.4, 0.5) is 5.95 Å². The fourth-order valence-corrected chi connectivity index (χ4v) is 8.10. The number of nitrogens with one attached hydrogen (secondary N) is 4. The van der Waals surface area contributed by atoms with Crippen molar-refractivity contribution in [3.8, 4) is 10.6 Å². The van der Waals surface area contributed by atoms with E-state index in [0.717, 1.165) is 42.2 Å². The number of carbonyl (C=O) groups excluding carboxylic acids is 2. The van der Waals surface area contributed by atoms with Crippen LogP contribution in [0.3, 0.4) is 0 Å². The molecule has 2 unspecified atom stereocenters. The molecule has 326 valence electrons. The number of fused-ring (bicyclic) bond motifs is 1. The topological polar surface area (TPSA) is 276 Å². The Bertz CT molecular complexity index is 2520. The fraction of sp³-hybridized carbons (Fsp3) is 0.450. The summed E-state index contributed by atoms with van der Waals surface area (Å²) in [6, 6.07) is 8.06. The van der Waals surface area contributed by atoms with Crippen LogP contribution in [0.15, 0.2) is 78.1 Å². The van der Waals surface area contributed by atoms with Crippen LogP contribution in [0, 0.1) is 0 Å². The first-order valence-corrected chi connectivity index (χ1v) is 21.1. The molecule has 0 bridgehead atoms. The smallest absolute Gasteiger partial charge is 0.377 e. The van der Waals surface area contributed by atoms with E-state index in [1.165, 1.54) is 23.1 Å². The van der Waals surface area contributed by atoms with Gasteiger partial charge in [0.15, 0.2) is 0 Å². The van der Waals surface area contributed by atoms with Gasteiger partial charge in [-0.1, -0.05) is 11.2 Å². The maximum atomic E-state index is 13.4. The van der Waals surface area contributed by atoms with Crippen LogP contribution in [0.25, 0.3) is 31.9 Å². The molecule has 62 heavy (non-hydrogen) atoms. The Morgan fingerprint density at radius 2 is 1.76 bits per heavy atom. The molecule has 0 aliphatic carbocycles. The van der Waals surface area contributed by atoms with E-state index < -0.39 is 35.3 Å². The first-order valence-electron chi connectivity index (χ1n) is 20.2. The number of nitrogens with zero attached hydrogens (tertiary/aromatic N) is 8. The third kappa shape index (κ3) is 11.7. The van der Waals surface area contributed by atoms with Gasteiger partial charge in [-0.25, -0.2) is 24.5 Å². The van der Waals surface area contributed by atoms with Crippen molar-refractivity contribution >= 4 is 40.0 Å². The first kappa shape index (κ1) is 43.8. The molecule has 2 saturated heterocycles. The van der Waals surface area contributed by atoms with Crippen LogP contribution >= 0.6 is 11.3 Å². The van der Waals surface area contributed by atoms with E-state index in [2.05, 4.69) is 49.9 Å². The number of rotatable bonds is 20. The summed E-state index contributed by atoms with van der Waals surface area (Å²) in [6.07, 6.45) is 5.73. The second-order valence-electron chi connectivity index (χ2n) is 14.7. The van der Waals surface area contributed by atoms with E-state index in [1.54, 1.807) is 17.4 Å². The third-order valence-electron chi connectivity index (χ3n) is 10.3. The van der Waals surface area contributed by atoms with Crippen molar-refractivity contribution in [3.05, 3.63) is 113 Å². The molecule has 0 spiro atoms. The minimum atomic E-state index is -0.959. The minimum Gasteiger partial charge on any atom is -0.377 e. The molecule has 22 heteroatoms. The van der Waals surface area contributed by atoms with E-state index in [-0.39, 0.29) is 54.1 Å². The zero-order valence-electron chi connectivity index (χ0n) is 33.7. The van der Waals surface area contributed by atoms with Crippen LogP contribution in [0.5, 0.6) is 0 Å². The highest BCUT2D eigenvalue weighted by Crippen LogP contribution is 2.28. The normalized spacial score (nSPS) is 17.8. The zero-order chi connectivity index (χ0) is 43.3. The molecule has 21 nitrogen and oxygen atoms in total. The molecule has 4 N–H and O–H groups in total. The number of H-pyrrole nitrogens is 2. The number of thiophene rings is 1. The average Bonchev–Trinajstić information content (AvgIpc) is 3.97. The van der Waals surface area contributed by atoms with Crippen LogP contribution in [0.1, 0.15) is 46.9 Å². The van der Waals surface area contributed by atoms with Crippen LogP contribution < -0.4 is 27.6 Å². The number of piperidine rings is 1. The highest BCUT2D eigenvalue weighted by molar-refractivity contribution is 7.13. The number of anilines is 1. The van der Waals surface area contributed by atoms with Crippen LogP contribution in [-0.2, 0) is 25.5 Å². The maximum absolute atomic E-state index is 13.4. The molecule has 0 radical (unpaired) electrons. The molecule has 2 fully saturated rings. The van der Waals surface area contributed by atoms with Gasteiger partial charge in [-0.05, 0) is 61.0 Å². The summed E-state index contributed by atoms with van der Waals surface area (Å²) in [5.74, 6) is -0.546. The van der Waals surface area contributed by atoms with Gasteiger partial charge in [0.2, 0.25) is 11.9 Å². The molecule has 2 aliphatic heterocycles. The number of likely N-dealkylation sites (tertiary alicyclic amines) is 2. The molecule has 7 rings (SSSR count). The Morgan fingerprint density at radius 1 is 0.984 bits per heavy atom. The molecule has 0 saturated carbocycles. The summed E-state index contributed by atoms with van der Waals surface area (Å²) >= 11 is 1.57. The summed E-state index contributed by atoms with van der Waals surface area (Å²) in [7, 11) is 0. The summed E-state index contributed by atoms with van der Waals surface area (Å²) in [5, 5.41) is 11.7. The number of azide groups is 1. The Hall–Kier alpha value is -6.29. The Kier molecular flexibility index (Phi) is 15.2. The van der Waals surface area contributed by atoms with Crippen molar-refractivity contribution in [2.45, 2.75) is 43.8 Å². The Labute approximate surface area is 357 Å². The highest BCUT2D eigenvalue weighted by Gasteiger charge is 2.39. The molecular weight excluding hydrogens is 825 g/mol. The summed E-state index contributed by atoms with van der Waals surface area (Å²) in [6.45, 7) is 5.14. The average molecular weight is 871 g/mol. The van der Waals surface area contributed by atoms with Gasteiger partial charge < -0.3 is 39.1 Å². The lowest BCUT2D eigenvalue weighted by Crippen LogP contribution is -2.46. The van der Waals surface area contributed by atoms with E-state index in [1.807, 2.05) is 29.9 Å². The SMILES string of the molecule is [N-]=[N+]=NC1C[C@@H](C(=O)NCCOCCOCCOCCNc2ncc(CN3CCCC(c4nc(-c5cccs5)cc(=O)[nH]4)C3)cn2)N(C(=O)c2ccc3c(=O)oc(=O)[nH]c3c2)C1. The van der Waals surface area contributed by atoms with Gasteiger partial charge in [-0.2, -0.15) is 0 Å². The molecule has 2 aliphatic rings. The summed E-state index contributed by atoms with van der Waals surface area (Å²) in [4.78, 5) is 89.1. The van der Waals surface area contributed by atoms with Gasteiger partial charge >= 0.3 is 11.4 Å². The number of benzene rings is 1. The van der Waals surface area contributed by atoms with Crippen molar-refractivity contribution in [1.82, 2.24) is 40.0 Å². The molecule has 6 heterocycles. The predicted molar refractivity (Wildman–Crippen MR) is 227 cm³/mol. The van der Waals surface area contributed by atoms with Crippen molar-refractivity contribution < 1.29 is 28.2 Å². The summed E-state index contributed by atoms with van der Waals surface area (Å²) < 4.78 is 21.3. The Balaban J connectivity index is 0.732. The fourth-order valence-electron chi connectivity index (χ4n) is 7.41. The zero-order valence-corrected chi connectivity index (χ0v) is 34.5. The minimum absolute atomic E-state index is 0.0164. The number of amides is 2. The maximum Gasteiger partial charge on any atom is 0.419 e. The number of carbonyl (C=O) groups is 2. The molecule has 2 amide bonds. The lowest BCUT2D eigenvalue weighted by molar-refractivity contribution is -0.125. The number of hydrogen-bond donors (Lipinski definition) is 4. The monoisotopic (exact) mass is 870 g/mol. The van der Waals surface area contributed by atoms with Gasteiger partial charge in [0.05, 0.1) is 67.2 Å². The highest BCUT2D eigenvalue weighted by atomic mass is 32.1. The largest absolute Gasteiger partial charge is 0.419 e.